The van der Waals surface area contributed by atoms with Crippen molar-refractivity contribution in [3.63, 3.8) is 0 Å². The van der Waals surface area contributed by atoms with Crippen LogP contribution in [0.3, 0.4) is 0 Å². The summed E-state index contributed by atoms with van der Waals surface area (Å²) in [7, 11) is 0. The Bertz CT molecular complexity index is 986. The van der Waals surface area contributed by atoms with Crippen molar-refractivity contribution in [1.29, 1.82) is 0 Å². The Morgan fingerprint density at radius 2 is 2.04 bits per heavy atom. The molecule has 0 fully saturated rings. The standard InChI is InChI=1S/C19H17N3O2/c23-19(21-11-14-4-3-9-24-14)8-7-13-10-16-15-5-1-2-6-17(15)22-18(16)12-20-13/h1-6,9-10,12,22H,7-8,11H2,(H,21,23). The topological polar surface area (TPSA) is 70.9 Å². The average molecular weight is 319 g/mol. The highest BCUT2D eigenvalue weighted by Gasteiger charge is 2.08. The Hall–Kier alpha value is -3.08. The van der Waals surface area contributed by atoms with Crippen molar-refractivity contribution < 1.29 is 9.21 Å². The Labute approximate surface area is 138 Å². The zero-order valence-electron chi connectivity index (χ0n) is 13.1. The molecule has 0 unspecified atom stereocenters. The number of nitrogens with zero attached hydrogens (tertiary/aromatic N) is 1. The molecule has 2 N–H and O–H groups in total. The minimum Gasteiger partial charge on any atom is -0.467 e. The smallest absolute Gasteiger partial charge is 0.220 e. The molecule has 0 bridgehead atoms. The van der Waals surface area contributed by atoms with Gasteiger partial charge in [-0.25, -0.2) is 0 Å². The van der Waals surface area contributed by atoms with Gasteiger partial charge in [0.1, 0.15) is 5.76 Å². The second kappa shape index (κ2) is 6.20. The van der Waals surface area contributed by atoms with Gasteiger partial charge >= 0.3 is 0 Å². The van der Waals surface area contributed by atoms with Crippen molar-refractivity contribution in [2.24, 2.45) is 0 Å². The van der Waals surface area contributed by atoms with Gasteiger partial charge in [-0.05, 0) is 30.7 Å². The summed E-state index contributed by atoms with van der Waals surface area (Å²) in [4.78, 5) is 19.8. The minimum atomic E-state index is -0.00720. The Morgan fingerprint density at radius 1 is 1.12 bits per heavy atom. The van der Waals surface area contributed by atoms with E-state index in [2.05, 4.69) is 33.5 Å². The third kappa shape index (κ3) is 2.88. The summed E-state index contributed by atoms with van der Waals surface area (Å²) in [6.07, 6.45) is 4.45. The first-order valence-electron chi connectivity index (χ1n) is 7.94. The van der Waals surface area contributed by atoms with Crippen LogP contribution in [0.4, 0.5) is 0 Å². The number of carbonyl (C=O) groups is 1. The Kier molecular flexibility index (Phi) is 3.75. The van der Waals surface area contributed by atoms with Crippen LogP contribution >= 0.6 is 0 Å². The number of pyridine rings is 1. The molecular weight excluding hydrogens is 302 g/mol. The number of hydrogen-bond donors (Lipinski definition) is 2. The Morgan fingerprint density at radius 3 is 2.92 bits per heavy atom. The lowest BCUT2D eigenvalue weighted by Gasteiger charge is -2.03. The van der Waals surface area contributed by atoms with Crippen LogP contribution in [-0.4, -0.2) is 15.9 Å². The molecule has 3 heterocycles. The van der Waals surface area contributed by atoms with E-state index in [1.54, 1.807) is 6.26 Å². The molecule has 1 amide bonds. The number of benzene rings is 1. The number of nitrogens with one attached hydrogen (secondary N) is 2. The van der Waals surface area contributed by atoms with Crippen molar-refractivity contribution in [2.45, 2.75) is 19.4 Å². The zero-order valence-corrected chi connectivity index (χ0v) is 13.1. The molecular formula is C19H17N3O2. The number of rotatable bonds is 5. The fraction of sp³-hybridized carbons (Fsp3) is 0.158. The molecule has 0 spiro atoms. The number of hydrogen-bond acceptors (Lipinski definition) is 3. The predicted molar refractivity (Wildman–Crippen MR) is 92.5 cm³/mol. The number of aryl methyl sites for hydroxylation is 1. The second-order valence-electron chi connectivity index (χ2n) is 5.75. The van der Waals surface area contributed by atoms with Crippen molar-refractivity contribution in [1.82, 2.24) is 15.3 Å². The minimum absolute atomic E-state index is 0.00720. The van der Waals surface area contributed by atoms with E-state index in [1.165, 1.54) is 5.39 Å². The lowest BCUT2D eigenvalue weighted by molar-refractivity contribution is -0.121. The number of amides is 1. The fourth-order valence-electron chi connectivity index (χ4n) is 2.86. The summed E-state index contributed by atoms with van der Waals surface area (Å²) in [6, 6.07) is 13.9. The number of carbonyl (C=O) groups excluding carboxylic acids is 1. The molecule has 120 valence electrons. The first-order valence-corrected chi connectivity index (χ1v) is 7.94. The number of aromatic nitrogens is 2. The molecule has 0 atom stereocenters. The number of H-pyrrole nitrogens is 1. The third-order valence-electron chi connectivity index (χ3n) is 4.10. The zero-order chi connectivity index (χ0) is 16.4. The van der Waals surface area contributed by atoms with Gasteiger partial charge in [-0.1, -0.05) is 18.2 Å². The largest absolute Gasteiger partial charge is 0.467 e. The van der Waals surface area contributed by atoms with Crippen LogP contribution in [0.2, 0.25) is 0 Å². The molecule has 0 saturated heterocycles. The van der Waals surface area contributed by atoms with E-state index in [0.717, 1.165) is 27.9 Å². The van der Waals surface area contributed by atoms with Crippen molar-refractivity contribution >= 4 is 27.7 Å². The maximum atomic E-state index is 12.0. The lowest BCUT2D eigenvalue weighted by atomic mass is 10.1. The van der Waals surface area contributed by atoms with E-state index in [4.69, 9.17) is 4.42 Å². The molecule has 0 aliphatic heterocycles. The fourth-order valence-corrected chi connectivity index (χ4v) is 2.86. The maximum Gasteiger partial charge on any atom is 0.220 e. The second-order valence-corrected chi connectivity index (χ2v) is 5.75. The number of furan rings is 1. The van der Waals surface area contributed by atoms with Crippen LogP contribution in [0.1, 0.15) is 17.9 Å². The highest BCUT2D eigenvalue weighted by atomic mass is 16.3. The Balaban J connectivity index is 1.44. The SMILES string of the molecule is O=C(CCc1cc2c(cn1)[nH]c1ccccc12)NCc1ccco1. The van der Waals surface area contributed by atoms with Crippen LogP contribution in [0, 0.1) is 0 Å². The first kappa shape index (κ1) is 14.5. The highest BCUT2D eigenvalue weighted by molar-refractivity contribution is 6.06. The summed E-state index contributed by atoms with van der Waals surface area (Å²) in [5.41, 5.74) is 3.03. The normalized spacial score (nSPS) is 11.2. The van der Waals surface area contributed by atoms with E-state index in [0.29, 0.717) is 19.4 Å². The van der Waals surface area contributed by atoms with Crippen molar-refractivity contribution in [2.75, 3.05) is 0 Å². The third-order valence-corrected chi connectivity index (χ3v) is 4.10. The van der Waals surface area contributed by atoms with Crippen LogP contribution in [0.5, 0.6) is 0 Å². The maximum absolute atomic E-state index is 12.0. The summed E-state index contributed by atoms with van der Waals surface area (Å²) in [6.45, 7) is 0.417. The lowest BCUT2D eigenvalue weighted by Crippen LogP contribution is -2.22. The molecule has 5 nitrogen and oxygen atoms in total. The average Bonchev–Trinajstić information content (AvgIpc) is 3.25. The monoisotopic (exact) mass is 319 g/mol. The van der Waals surface area contributed by atoms with Gasteiger partial charge in [-0.3, -0.25) is 9.78 Å². The van der Waals surface area contributed by atoms with Gasteiger partial charge in [0.05, 0.1) is 24.5 Å². The molecule has 5 heteroatoms. The highest BCUT2D eigenvalue weighted by Crippen LogP contribution is 2.25. The predicted octanol–water partition coefficient (Wildman–Crippen LogP) is 3.56. The van der Waals surface area contributed by atoms with Gasteiger partial charge in [-0.15, -0.1) is 0 Å². The van der Waals surface area contributed by atoms with E-state index < -0.39 is 0 Å². The van der Waals surface area contributed by atoms with E-state index in [1.807, 2.05) is 30.5 Å². The van der Waals surface area contributed by atoms with Crippen LogP contribution in [0.15, 0.2) is 59.3 Å². The summed E-state index contributed by atoms with van der Waals surface area (Å²) in [5.74, 6) is 0.744. The van der Waals surface area contributed by atoms with Crippen LogP contribution in [0.25, 0.3) is 21.8 Å². The van der Waals surface area contributed by atoms with Crippen molar-refractivity contribution in [3.8, 4) is 0 Å². The molecule has 0 saturated carbocycles. The van der Waals surface area contributed by atoms with Crippen LogP contribution < -0.4 is 5.32 Å². The van der Waals surface area contributed by atoms with E-state index in [-0.39, 0.29) is 5.91 Å². The molecule has 0 radical (unpaired) electrons. The molecule has 0 aliphatic rings. The van der Waals surface area contributed by atoms with Gasteiger partial charge < -0.3 is 14.7 Å². The molecule has 1 aromatic carbocycles. The van der Waals surface area contributed by atoms with Crippen molar-refractivity contribution in [3.05, 3.63) is 66.4 Å². The molecule has 3 aromatic heterocycles. The molecule has 4 aromatic rings. The first-order chi connectivity index (χ1) is 11.8. The van der Waals surface area contributed by atoms with Gasteiger partial charge in [0.15, 0.2) is 0 Å². The van der Waals surface area contributed by atoms with E-state index in [9.17, 15) is 4.79 Å². The molecule has 4 rings (SSSR count). The van der Waals surface area contributed by atoms with Gasteiger partial charge in [0.2, 0.25) is 5.91 Å². The van der Waals surface area contributed by atoms with Gasteiger partial charge in [0.25, 0.3) is 0 Å². The van der Waals surface area contributed by atoms with Crippen LogP contribution in [-0.2, 0) is 17.8 Å². The summed E-state index contributed by atoms with van der Waals surface area (Å²) in [5, 5.41) is 5.17. The summed E-state index contributed by atoms with van der Waals surface area (Å²) >= 11 is 0. The van der Waals surface area contributed by atoms with Gasteiger partial charge in [-0.2, -0.15) is 0 Å². The number of fused-ring (bicyclic) bond motifs is 3. The number of para-hydroxylation sites is 1. The quantitative estimate of drug-likeness (QED) is 0.591. The molecule has 0 aliphatic carbocycles. The van der Waals surface area contributed by atoms with Gasteiger partial charge in [0, 0.05) is 28.4 Å². The number of aromatic amines is 1. The van der Waals surface area contributed by atoms with E-state index >= 15 is 0 Å². The summed E-state index contributed by atoms with van der Waals surface area (Å²) < 4.78 is 5.20. The molecule has 24 heavy (non-hydrogen) atoms.